The van der Waals surface area contributed by atoms with Crippen LogP contribution in [-0.4, -0.2) is 16.9 Å². The molecule has 5 nitrogen and oxygen atoms in total. The minimum Gasteiger partial charge on any atom is -0.366 e. The Bertz CT molecular complexity index is 770. The van der Waals surface area contributed by atoms with Crippen molar-refractivity contribution < 1.29 is 9.59 Å². The molecule has 0 radical (unpaired) electrons. The third kappa shape index (κ3) is 4.37. The van der Waals surface area contributed by atoms with E-state index in [1.54, 1.807) is 30.3 Å². The van der Waals surface area contributed by atoms with Crippen molar-refractivity contribution >= 4 is 34.8 Å². The predicted octanol–water partition coefficient (Wildman–Crippen LogP) is 2.53. The molecule has 2 amide bonds. The number of thiocarbonyl (C=S) groups is 1. The van der Waals surface area contributed by atoms with Crippen LogP contribution in [-0.2, 0) is 0 Å². The molecule has 2 aromatic rings. The van der Waals surface area contributed by atoms with Crippen LogP contribution in [0, 0.1) is 13.8 Å². The summed E-state index contributed by atoms with van der Waals surface area (Å²) in [7, 11) is 0. The molecule has 2 rings (SSSR count). The van der Waals surface area contributed by atoms with Gasteiger partial charge in [-0.25, -0.2) is 0 Å². The Kier molecular flexibility index (Phi) is 5.08. The van der Waals surface area contributed by atoms with Crippen LogP contribution in [0.1, 0.15) is 31.8 Å². The van der Waals surface area contributed by atoms with Gasteiger partial charge in [-0.05, 0) is 73.6 Å². The van der Waals surface area contributed by atoms with E-state index >= 15 is 0 Å². The lowest BCUT2D eigenvalue weighted by atomic mass is 10.1. The van der Waals surface area contributed by atoms with Gasteiger partial charge >= 0.3 is 0 Å². The van der Waals surface area contributed by atoms with E-state index in [4.69, 9.17) is 18.0 Å². The highest BCUT2D eigenvalue weighted by atomic mass is 32.1. The molecule has 4 N–H and O–H groups in total. The number of hydrogen-bond acceptors (Lipinski definition) is 3. The van der Waals surface area contributed by atoms with Crippen molar-refractivity contribution in [2.45, 2.75) is 13.8 Å². The molecule has 0 aliphatic rings. The first-order valence-electron chi connectivity index (χ1n) is 6.96. The minimum atomic E-state index is -0.498. The van der Waals surface area contributed by atoms with Crippen molar-refractivity contribution in [2.75, 3.05) is 5.32 Å². The number of hydrogen-bond donors (Lipinski definition) is 3. The van der Waals surface area contributed by atoms with Crippen molar-refractivity contribution in [3.8, 4) is 0 Å². The van der Waals surface area contributed by atoms with E-state index in [9.17, 15) is 9.59 Å². The summed E-state index contributed by atoms with van der Waals surface area (Å²) in [5.41, 5.74) is 8.94. The molecule has 0 heterocycles. The molecule has 0 unspecified atom stereocenters. The Balaban J connectivity index is 1.99. The van der Waals surface area contributed by atoms with Gasteiger partial charge < -0.3 is 11.1 Å². The fourth-order valence-electron chi connectivity index (χ4n) is 1.94. The molecule has 118 valence electrons. The van der Waals surface area contributed by atoms with E-state index in [1.165, 1.54) is 0 Å². The Morgan fingerprint density at radius 1 is 0.957 bits per heavy atom. The van der Waals surface area contributed by atoms with Gasteiger partial charge in [-0.2, -0.15) is 0 Å². The topological polar surface area (TPSA) is 84.2 Å². The normalized spacial score (nSPS) is 10.0. The zero-order chi connectivity index (χ0) is 17.0. The number of primary amides is 1. The maximum absolute atomic E-state index is 12.2. The average Bonchev–Trinajstić information content (AvgIpc) is 2.50. The number of rotatable bonds is 3. The zero-order valence-electron chi connectivity index (χ0n) is 12.8. The van der Waals surface area contributed by atoms with Crippen LogP contribution in [0.15, 0.2) is 42.5 Å². The number of nitrogens with two attached hydrogens (primary N) is 1. The molecule has 0 spiro atoms. The quantitative estimate of drug-likeness (QED) is 0.756. The number of carbonyl (C=O) groups excluding carboxylic acids is 2. The van der Waals surface area contributed by atoms with E-state index < -0.39 is 5.91 Å². The van der Waals surface area contributed by atoms with Crippen molar-refractivity contribution in [1.29, 1.82) is 0 Å². The van der Waals surface area contributed by atoms with E-state index in [0.29, 0.717) is 16.8 Å². The highest BCUT2D eigenvalue weighted by Gasteiger charge is 2.09. The van der Waals surface area contributed by atoms with E-state index in [0.717, 1.165) is 11.1 Å². The fraction of sp³-hybridized carbons (Fsp3) is 0.118. The Morgan fingerprint density at radius 2 is 1.57 bits per heavy atom. The van der Waals surface area contributed by atoms with E-state index in [2.05, 4.69) is 10.6 Å². The van der Waals surface area contributed by atoms with Gasteiger partial charge in [-0.3, -0.25) is 14.9 Å². The van der Waals surface area contributed by atoms with Gasteiger partial charge in [0, 0.05) is 16.8 Å². The van der Waals surface area contributed by atoms with Crippen molar-refractivity contribution in [2.24, 2.45) is 5.73 Å². The van der Waals surface area contributed by atoms with Gasteiger partial charge in [0.05, 0.1) is 0 Å². The molecule has 0 saturated carbocycles. The summed E-state index contributed by atoms with van der Waals surface area (Å²) in [6.45, 7) is 3.93. The van der Waals surface area contributed by atoms with Gasteiger partial charge in [0.2, 0.25) is 5.91 Å². The van der Waals surface area contributed by atoms with Gasteiger partial charge in [-0.15, -0.1) is 0 Å². The summed E-state index contributed by atoms with van der Waals surface area (Å²) in [5.74, 6) is -0.776. The second-order valence-corrected chi connectivity index (χ2v) is 5.56. The second kappa shape index (κ2) is 7.02. The minimum absolute atomic E-state index is 0.181. The molecular formula is C17H17N3O2S. The molecule has 0 atom stereocenters. The highest BCUT2D eigenvalue weighted by molar-refractivity contribution is 7.80. The fourth-order valence-corrected chi connectivity index (χ4v) is 2.15. The molecule has 0 fully saturated rings. The van der Waals surface area contributed by atoms with Crippen LogP contribution >= 0.6 is 12.2 Å². The predicted molar refractivity (Wildman–Crippen MR) is 94.6 cm³/mol. The SMILES string of the molecule is Cc1ccc(C(=O)NC(=S)Nc2ccc(C(N)=O)cc2)cc1C. The molecule has 0 bridgehead atoms. The Labute approximate surface area is 139 Å². The average molecular weight is 327 g/mol. The van der Waals surface area contributed by atoms with Crippen molar-refractivity contribution in [1.82, 2.24) is 5.32 Å². The lowest BCUT2D eigenvalue weighted by Gasteiger charge is -2.10. The number of anilines is 1. The second-order valence-electron chi connectivity index (χ2n) is 5.15. The van der Waals surface area contributed by atoms with Gasteiger partial charge in [-0.1, -0.05) is 6.07 Å². The molecule has 0 aliphatic carbocycles. The Hall–Kier alpha value is -2.73. The molecule has 0 saturated heterocycles. The van der Waals surface area contributed by atoms with Crippen molar-refractivity contribution in [3.05, 3.63) is 64.7 Å². The smallest absolute Gasteiger partial charge is 0.257 e. The first kappa shape index (κ1) is 16.6. The number of amides is 2. The number of aryl methyl sites for hydroxylation is 2. The van der Waals surface area contributed by atoms with Crippen LogP contribution in [0.5, 0.6) is 0 Å². The van der Waals surface area contributed by atoms with E-state index in [1.807, 2.05) is 26.0 Å². The number of nitrogens with one attached hydrogen (secondary N) is 2. The highest BCUT2D eigenvalue weighted by Crippen LogP contribution is 2.11. The van der Waals surface area contributed by atoms with Gasteiger partial charge in [0.15, 0.2) is 5.11 Å². The van der Waals surface area contributed by atoms with Crippen LogP contribution in [0.4, 0.5) is 5.69 Å². The number of carbonyl (C=O) groups is 2. The molecular weight excluding hydrogens is 310 g/mol. The summed E-state index contributed by atoms with van der Waals surface area (Å²) >= 11 is 5.12. The lowest BCUT2D eigenvalue weighted by molar-refractivity contribution is 0.0975. The van der Waals surface area contributed by atoms with Crippen LogP contribution in [0.3, 0.4) is 0 Å². The van der Waals surface area contributed by atoms with E-state index in [-0.39, 0.29) is 11.0 Å². The lowest BCUT2D eigenvalue weighted by Crippen LogP contribution is -2.34. The molecule has 0 aliphatic heterocycles. The largest absolute Gasteiger partial charge is 0.366 e. The van der Waals surface area contributed by atoms with Crippen LogP contribution < -0.4 is 16.4 Å². The standard InChI is InChI=1S/C17H17N3O2S/c1-10-3-4-13(9-11(10)2)16(22)20-17(23)19-14-7-5-12(6-8-14)15(18)21/h3-9H,1-2H3,(H2,18,21)(H2,19,20,22,23). The molecule has 6 heteroatoms. The molecule has 2 aromatic carbocycles. The third-order valence-corrected chi connectivity index (χ3v) is 3.63. The summed E-state index contributed by atoms with van der Waals surface area (Å²) in [6, 6.07) is 11.9. The summed E-state index contributed by atoms with van der Waals surface area (Å²) in [6.07, 6.45) is 0. The van der Waals surface area contributed by atoms with Gasteiger partial charge in [0.1, 0.15) is 0 Å². The Morgan fingerprint density at radius 3 is 2.13 bits per heavy atom. The third-order valence-electron chi connectivity index (χ3n) is 3.42. The van der Waals surface area contributed by atoms with Crippen LogP contribution in [0.25, 0.3) is 0 Å². The monoisotopic (exact) mass is 327 g/mol. The number of benzene rings is 2. The molecule has 0 aromatic heterocycles. The molecule has 23 heavy (non-hydrogen) atoms. The van der Waals surface area contributed by atoms with Gasteiger partial charge in [0.25, 0.3) is 5.91 Å². The zero-order valence-corrected chi connectivity index (χ0v) is 13.7. The summed E-state index contributed by atoms with van der Waals surface area (Å²) < 4.78 is 0. The first-order chi connectivity index (χ1) is 10.9. The van der Waals surface area contributed by atoms with Crippen molar-refractivity contribution in [3.63, 3.8) is 0 Å². The maximum atomic E-state index is 12.2. The van der Waals surface area contributed by atoms with Crippen LogP contribution in [0.2, 0.25) is 0 Å². The first-order valence-corrected chi connectivity index (χ1v) is 7.37. The summed E-state index contributed by atoms with van der Waals surface area (Å²) in [5, 5.41) is 5.68. The maximum Gasteiger partial charge on any atom is 0.257 e. The summed E-state index contributed by atoms with van der Waals surface area (Å²) in [4.78, 5) is 23.2.